The van der Waals surface area contributed by atoms with Gasteiger partial charge in [-0.25, -0.2) is 0 Å². The Bertz CT molecular complexity index is 549. The number of nitrogens with zero attached hydrogens (tertiary/aromatic N) is 2. The molecule has 0 spiro atoms. The lowest BCUT2D eigenvalue weighted by atomic mass is 10.0. The van der Waals surface area contributed by atoms with Crippen LogP contribution in [-0.2, 0) is 13.0 Å². The fourth-order valence-electron chi connectivity index (χ4n) is 2.14. The summed E-state index contributed by atoms with van der Waals surface area (Å²) in [4.78, 5) is 12.1. The summed E-state index contributed by atoms with van der Waals surface area (Å²) >= 11 is 0. The molecule has 0 bridgehead atoms. The molecule has 0 unspecified atom stereocenters. The van der Waals surface area contributed by atoms with Crippen LogP contribution in [0.15, 0.2) is 30.6 Å². The molecule has 3 heteroatoms. The van der Waals surface area contributed by atoms with Crippen molar-refractivity contribution in [3.05, 3.63) is 52.8 Å². The summed E-state index contributed by atoms with van der Waals surface area (Å²) in [6.45, 7) is 6.90. The zero-order valence-corrected chi connectivity index (χ0v) is 11.1. The summed E-state index contributed by atoms with van der Waals surface area (Å²) in [6.07, 6.45) is 3.90. The molecule has 0 saturated carbocycles. The molecule has 0 atom stereocenters. The van der Waals surface area contributed by atoms with Crippen molar-refractivity contribution in [3.63, 3.8) is 0 Å². The van der Waals surface area contributed by atoms with Crippen LogP contribution in [0.2, 0.25) is 0 Å². The van der Waals surface area contributed by atoms with Gasteiger partial charge in [0.05, 0.1) is 11.8 Å². The van der Waals surface area contributed by atoms with E-state index in [0.717, 1.165) is 12.1 Å². The monoisotopic (exact) mass is 242 g/mol. The Hall–Kier alpha value is -1.90. The van der Waals surface area contributed by atoms with Gasteiger partial charge < -0.3 is 0 Å². The molecule has 1 heterocycles. The zero-order chi connectivity index (χ0) is 13.1. The van der Waals surface area contributed by atoms with Gasteiger partial charge in [0.1, 0.15) is 0 Å². The number of carbonyl (C=O) groups excluding carboxylic acids is 1. The third-order valence-electron chi connectivity index (χ3n) is 2.93. The van der Waals surface area contributed by atoms with E-state index >= 15 is 0 Å². The van der Waals surface area contributed by atoms with Gasteiger partial charge in [-0.05, 0) is 26.3 Å². The van der Waals surface area contributed by atoms with Crippen LogP contribution in [-0.4, -0.2) is 15.6 Å². The fourth-order valence-corrected chi connectivity index (χ4v) is 2.14. The molecular formula is C15H18N2O. The predicted octanol–water partition coefficient (Wildman–Crippen LogP) is 2.95. The van der Waals surface area contributed by atoms with Crippen molar-refractivity contribution in [2.45, 2.75) is 33.7 Å². The van der Waals surface area contributed by atoms with Crippen molar-refractivity contribution in [1.29, 1.82) is 0 Å². The molecule has 0 aliphatic carbocycles. The van der Waals surface area contributed by atoms with E-state index in [1.54, 1.807) is 10.9 Å². The molecule has 2 aromatic rings. The van der Waals surface area contributed by atoms with Crippen LogP contribution in [0.4, 0.5) is 0 Å². The number of benzene rings is 1. The van der Waals surface area contributed by atoms with Gasteiger partial charge in [-0.1, -0.05) is 29.3 Å². The molecule has 0 aliphatic rings. The highest BCUT2D eigenvalue weighted by Crippen LogP contribution is 2.12. The summed E-state index contributed by atoms with van der Waals surface area (Å²) in [5.41, 5.74) is 4.15. The first-order valence-electron chi connectivity index (χ1n) is 6.21. The number of hydrogen-bond donors (Lipinski definition) is 0. The third kappa shape index (κ3) is 2.86. The second-order valence-electron chi connectivity index (χ2n) is 4.68. The van der Waals surface area contributed by atoms with Crippen molar-refractivity contribution in [3.8, 4) is 0 Å². The van der Waals surface area contributed by atoms with E-state index in [1.807, 2.05) is 13.1 Å². The maximum absolute atomic E-state index is 12.1. The SMILES string of the molecule is CCn1cc(C(=O)Cc2cc(C)cc(C)c2)cn1. The van der Waals surface area contributed by atoms with Crippen molar-refractivity contribution < 1.29 is 4.79 Å². The molecule has 0 N–H and O–H groups in total. The van der Waals surface area contributed by atoms with Crippen molar-refractivity contribution in [2.24, 2.45) is 0 Å². The second kappa shape index (κ2) is 5.17. The topological polar surface area (TPSA) is 34.9 Å². The normalized spacial score (nSPS) is 10.6. The minimum Gasteiger partial charge on any atom is -0.294 e. The molecule has 1 aromatic heterocycles. The number of ketones is 1. The van der Waals surface area contributed by atoms with Crippen LogP contribution in [0.5, 0.6) is 0 Å². The quantitative estimate of drug-likeness (QED) is 0.773. The van der Waals surface area contributed by atoms with Gasteiger partial charge in [-0.2, -0.15) is 5.10 Å². The molecule has 0 fully saturated rings. The van der Waals surface area contributed by atoms with E-state index in [0.29, 0.717) is 12.0 Å². The summed E-state index contributed by atoms with van der Waals surface area (Å²) in [6, 6.07) is 6.24. The van der Waals surface area contributed by atoms with Crippen LogP contribution >= 0.6 is 0 Å². The third-order valence-corrected chi connectivity index (χ3v) is 2.93. The molecule has 18 heavy (non-hydrogen) atoms. The van der Waals surface area contributed by atoms with Gasteiger partial charge in [-0.3, -0.25) is 9.48 Å². The largest absolute Gasteiger partial charge is 0.294 e. The number of aryl methyl sites for hydroxylation is 3. The van der Waals surface area contributed by atoms with Crippen LogP contribution in [0.25, 0.3) is 0 Å². The molecular weight excluding hydrogens is 224 g/mol. The number of Topliss-reactive ketones (excluding diaryl/α,β-unsaturated/α-hetero) is 1. The van der Waals surface area contributed by atoms with Crippen molar-refractivity contribution in [2.75, 3.05) is 0 Å². The zero-order valence-electron chi connectivity index (χ0n) is 11.1. The highest BCUT2D eigenvalue weighted by molar-refractivity contribution is 5.97. The van der Waals surface area contributed by atoms with Gasteiger partial charge >= 0.3 is 0 Å². The Kier molecular flexibility index (Phi) is 3.60. The maximum atomic E-state index is 12.1. The summed E-state index contributed by atoms with van der Waals surface area (Å²) in [7, 11) is 0. The average molecular weight is 242 g/mol. The van der Waals surface area contributed by atoms with Crippen molar-refractivity contribution >= 4 is 5.78 Å². The second-order valence-corrected chi connectivity index (χ2v) is 4.68. The first kappa shape index (κ1) is 12.6. The first-order chi connectivity index (χ1) is 8.58. The van der Waals surface area contributed by atoms with E-state index in [1.165, 1.54) is 11.1 Å². The Morgan fingerprint density at radius 2 is 1.89 bits per heavy atom. The summed E-state index contributed by atoms with van der Waals surface area (Å²) in [5.74, 6) is 0.125. The number of carbonyl (C=O) groups is 1. The first-order valence-corrected chi connectivity index (χ1v) is 6.21. The van der Waals surface area contributed by atoms with E-state index in [9.17, 15) is 4.79 Å². The highest BCUT2D eigenvalue weighted by atomic mass is 16.1. The van der Waals surface area contributed by atoms with Crippen LogP contribution < -0.4 is 0 Å². The average Bonchev–Trinajstić information content (AvgIpc) is 2.75. The highest BCUT2D eigenvalue weighted by Gasteiger charge is 2.09. The molecule has 2 rings (SSSR count). The molecule has 94 valence electrons. The summed E-state index contributed by atoms with van der Waals surface area (Å²) in [5, 5.41) is 4.13. The lowest BCUT2D eigenvalue weighted by Gasteiger charge is -2.03. The van der Waals surface area contributed by atoms with Crippen LogP contribution in [0.3, 0.4) is 0 Å². The van der Waals surface area contributed by atoms with Crippen molar-refractivity contribution in [1.82, 2.24) is 9.78 Å². The Balaban J connectivity index is 2.15. The molecule has 0 radical (unpaired) electrons. The van der Waals surface area contributed by atoms with Gasteiger partial charge in [0.15, 0.2) is 5.78 Å². The smallest absolute Gasteiger partial charge is 0.170 e. The van der Waals surface area contributed by atoms with E-state index in [4.69, 9.17) is 0 Å². The van der Waals surface area contributed by atoms with Gasteiger partial charge in [0, 0.05) is 19.2 Å². The molecule has 1 aromatic carbocycles. The molecule has 0 amide bonds. The maximum Gasteiger partial charge on any atom is 0.170 e. The Morgan fingerprint density at radius 3 is 2.44 bits per heavy atom. The molecule has 0 saturated heterocycles. The minimum absolute atomic E-state index is 0.125. The van der Waals surface area contributed by atoms with Gasteiger partial charge in [-0.15, -0.1) is 0 Å². The fraction of sp³-hybridized carbons (Fsp3) is 0.333. The van der Waals surface area contributed by atoms with E-state index in [2.05, 4.69) is 37.1 Å². The molecule has 0 aliphatic heterocycles. The number of hydrogen-bond acceptors (Lipinski definition) is 2. The van der Waals surface area contributed by atoms with E-state index in [-0.39, 0.29) is 5.78 Å². The number of aromatic nitrogens is 2. The van der Waals surface area contributed by atoms with Gasteiger partial charge in [0.2, 0.25) is 0 Å². The van der Waals surface area contributed by atoms with Crippen LogP contribution in [0.1, 0.15) is 34.0 Å². The molecule has 3 nitrogen and oxygen atoms in total. The number of rotatable bonds is 4. The minimum atomic E-state index is 0.125. The lowest BCUT2D eigenvalue weighted by molar-refractivity contribution is 0.0993. The standard InChI is InChI=1S/C15H18N2O/c1-4-17-10-14(9-16-17)15(18)8-13-6-11(2)5-12(3)7-13/h5-7,9-10H,4,8H2,1-3H3. The Labute approximate surface area is 107 Å². The van der Waals surface area contributed by atoms with Gasteiger partial charge in [0.25, 0.3) is 0 Å². The van der Waals surface area contributed by atoms with Crippen LogP contribution in [0, 0.1) is 13.8 Å². The lowest BCUT2D eigenvalue weighted by Crippen LogP contribution is -2.03. The van der Waals surface area contributed by atoms with E-state index < -0.39 is 0 Å². The summed E-state index contributed by atoms with van der Waals surface area (Å²) < 4.78 is 1.77. The predicted molar refractivity (Wildman–Crippen MR) is 71.9 cm³/mol. The Morgan fingerprint density at radius 1 is 1.22 bits per heavy atom.